The molecule has 0 amide bonds. The quantitative estimate of drug-likeness (QED) is 0.422. The molecule has 0 aliphatic heterocycles. The number of hydrogen-bond acceptors (Lipinski definition) is 5. The lowest BCUT2D eigenvalue weighted by Gasteiger charge is -2.12. The van der Waals surface area contributed by atoms with E-state index in [0.29, 0.717) is 23.6 Å². The molecule has 0 aliphatic carbocycles. The SMILES string of the molecule is CCOC(=O)c1cc(-c2cc(CC)ccn2)nc(-c2cc(C)cc3cccnc23)c1. The van der Waals surface area contributed by atoms with E-state index >= 15 is 0 Å². The van der Waals surface area contributed by atoms with Crippen molar-refractivity contribution >= 4 is 16.9 Å². The summed E-state index contributed by atoms with van der Waals surface area (Å²) in [5.41, 5.74) is 6.47. The number of pyridine rings is 3. The number of rotatable bonds is 5. The Morgan fingerprint density at radius 1 is 0.933 bits per heavy atom. The number of esters is 1. The molecule has 0 bridgehead atoms. The fourth-order valence-electron chi connectivity index (χ4n) is 3.50. The van der Waals surface area contributed by atoms with Crippen molar-refractivity contribution < 1.29 is 9.53 Å². The van der Waals surface area contributed by atoms with Crippen LogP contribution in [0, 0.1) is 6.92 Å². The van der Waals surface area contributed by atoms with Crippen LogP contribution in [-0.2, 0) is 11.2 Å². The van der Waals surface area contributed by atoms with Gasteiger partial charge in [-0.05, 0) is 73.9 Å². The van der Waals surface area contributed by atoms with Gasteiger partial charge in [-0.15, -0.1) is 0 Å². The van der Waals surface area contributed by atoms with Crippen molar-refractivity contribution in [2.24, 2.45) is 0 Å². The highest BCUT2D eigenvalue weighted by Gasteiger charge is 2.16. The Kier molecular flexibility index (Phi) is 5.53. The summed E-state index contributed by atoms with van der Waals surface area (Å²) in [5, 5.41) is 1.03. The predicted octanol–water partition coefficient (Wildman–Crippen LogP) is 5.41. The summed E-state index contributed by atoms with van der Waals surface area (Å²) in [6.45, 7) is 6.24. The Bertz CT molecular complexity index is 1230. The summed E-state index contributed by atoms with van der Waals surface area (Å²) in [4.78, 5) is 26.5. The van der Waals surface area contributed by atoms with Gasteiger partial charge in [0.15, 0.2) is 0 Å². The third kappa shape index (κ3) is 3.92. The molecule has 0 N–H and O–H groups in total. The van der Waals surface area contributed by atoms with Crippen LogP contribution in [0.5, 0.6) is 0 Å². The topological polar surface area (TPSA) is 65.0 Å². The van der Waals surface area contributed by atoms with Gasteiger partial charge in [0.2, 0.25) is 0 Å². The Balaban J connectivity index is 1.96. The summed E-state index contributed by atoms with van der Waals surface area (Å²) in [6, 6.07) is 15.6. The molecule has 5 heteroatoms. The first-order valence-electron chi connectivity index (χ1n) is 10.1. The Morgan fingerprint density at radius 2 is 1.77 bits per heavy atom. The summed E-state index contributed by atoms with van der Waals surface area (Å²) >= 11 is 0. The molecule has 3 aromatic heterocycles. The molecular formula is C25H23N3O2. The van der Waals surface area contributed by atoms with Gasteiger partial charge in [-0.1, -0.05) is 13.0 Å². The first-order chi connectivity index (χ1) is 14.6. The van der Waals surface area contributed by atoms with Crippen molar-refractivity contribution in [2.75, 3.05) is 6.61 Å². The number of carbonyl (C=O) groups excluding carboxylic acids is 1. The van der Waals surface area contributed by atoms with E-state index < -0.39 is 0 Å². The van der Waals surface area contributed by atoms with E-state index in [0.717, 1.165) is 39.7 Å². The molecule has 1 aromatic carbocycles. The van der Waals surface area contributed by atoms with Crippen molar-refractivity contribution in [1.82, 2.24) is 15.0 Å². The molecule has 0 spiro atoms. The summed E-state index contributed by atoms with van der Waals surface area (Å²) in [7, 11) is 0. The van der Waals surface area contributed by atoms with E-state index in [2.05, 4.69) is 23.0 Å². The molecule has 3 heterocycles. The standard InChI is InChI=1S/C25H23N3O2/c1-4-17-8-10-26-22(13-17)23-15-19(25(29)30-5-2)14-21(28-23)20-12-16(3)11-18-7-6-9-27-24(18)20/h6-15H,4-5H2,1-3H3. The van der Waals surface area contributed by atoms with Gasteiger partial charge >= 0.3 is 5.97 Å². The second-order valence-corrected chi connectivity index (χ2v) is 7.14. The van der Waals surface area contributed by atoms with E-state index in [-0.39, 0.29) is 5.97 Å². The number of aromatic nitrogens is 3. The molecule has 0 atom stereocenters. The van der Waals surface area contributed by atoms with Crippen LogP contribution < -0.4 is 0 Å². The van der Waals surface area contributed by atoms with Gasteiger partial charge in [-0.3, -0.25) is 9.97 Å². The van der Waals surface area contributed by atoms with Crippen molar-refractivity contribution in [2.45, 2.75) is 27.2 Å². The molecular weight excluding hydrogens is 374 g/mol. The van der Waals surface area contributed by atoms with Crippen molar-refractivity contribution in [3.05, 3.63) is 77.6 Å². The molecule has 4 aromatic rings. The first-order valence-corrected chi connectivity index (χ1v) is 10.1. The van der Waals surface area contributed by atoms with Gasteiger partial charge in [-0.25, -0.2) is 9.78 Å². The van der Waals surface area contributed by atoms with E-state index in [9.17, 15) is 4.79 Å². The number of carbonyl (C=O) groups is 1. The molecule has 150 valence electrons. The van der Waals surface area contributed by atoms with Crippen LogP contribution in [0.4, 0.5) is 0 Å². The number of nitrogens with zero attached hydrogens (tertiary/aromatic N) is 3. The minimum atomic E-state index is -0.376. The highest BCUT2D eigenvalue weighted by molar-refractivity contribution is 5.96. The zero-order chi connectivity index (χ0) is 21.1. The third-order valence-corrected chi connectivity index (χ3v) is 4.96. The Hall–Kier alpha value is -3.60. The van der Waals surface area contributed by atoms with Gasteiger partial charge in [0, 0.05) is 23.3 Å². The minimum Gasteiger partial charge on any atom is -0.462 e. The van der Waals surface area contributed by atoms with Gasteiger partial charge in [0.05, 0.1) is 34.8 Å². The highest BCUT2D eigenvalue weighted by Crippen LogP contribution is 2.30. The molecule has 0 saturated heterocycles. The monoisotopic (exact) mass is 397 g/mol. The fourth-order valence-corrected chi connectivity index (χ4v) is 3.50. The van der Waals surface area contributed by atoms with Gasteiger partial charge in [0.25, 0.3) is 0 Å². The second kappa shape index (κ2) is 8.41. The van der Waals surface area contributed by atoms with Gasteiger partial charge < -0.3 is 4.74 Å². The van der Waals surface area contributed by atoms with Crippen LogP contribution in [0.15, 0.2) is 60.9 Å². The number of fused-ring (bicyclic) bond motifs is 1. The maximum Gasteiger partial charge on any atom is 0.338 e. The first kappa shape index (κ1) is 19.7. The lowest BCUT2D eigenvalue weighted by Crippen LogP contribution is -2.06. The largest absolute Gasteiger partial charge is 0.462 e. The van der Waals surface area contributed by atoms with E-state index in [1.807, 2.05) is 37.3 Å². The summed E-state index contributed by atoms with van der Waals surface area (Å²) in [5.74, 6) is -0.376. The van der Waals surface area contributed by atoms with E-state index in [1.54, 1.807) is 31.5 Å². The summed E-state index contributed by atoms with van der Waals surface area (Å²) in [6.07, 6.45) is 4.44. The Labute approximate surface area is 175 Å². The molecule has 30 heavy (non-hydrogen) atoms. The molecule has 0 saturated carbocycles. The van der Waals surface area contributed by atoms with Crippen LogP contribution in [0.25, 0.3) is 33.5 Å². The van der Waals surface area contributed by atoms with Gasteiger partial charge in [0.1, 0.15) is 0 Å². The number of hydrogen-bond donors (Lipinski definition) is 0. The van der Waals surface area contributed by atoms with Gasteiger partial charge in [-0.2, -0.15) is 0 Å². The maximum atomic E-state index is 12.6. The molecule has 0 unspecified atom stereocenters. The van der Waals surface area contributed by atoms with E-state index in [4.69, 9.17) is 9.72 Å². The molecule has 0 aliphatic rings. The minimum absolute atomic E-state index is 0.310. The fraction of sp³-hybridized carbons (Fsp3) is 0.200. The maximum absolute atomic E-state index is 12.6. The molecule has 0 radical (unpaired) electrons. The molecule has 5 nitrogen and oxygen atoms in total. The number of ether oxygens (including phenoxy) is 1. The smallest absolute Gasteiger partial charge is 0.338 e. The van der Waals surface area contributed by atoms with Crippen LogP contribution in [0.1, 0.15) is 35.3 Å². The van der Waals surface area contributed by atoms with Crippen molar-refractivity contribution in [3.63, 3.8) is 0 Å². The third-order valence-electron chi connectivity index (χ3n) is 4.96. The van der Waals surface area contributed by atoms with Crippen LogP contribution in [-0.4, -0.2) is 27.5 Å². The van der Waals surface area contributed by atoms with Crippen molar-refractivity contribution in [3.8, 4) is 22.6 Å². The lowest BCUT2D eigenvalue weighted by molar-refractivity contribution is 0.0526. The average molecular weight is 397 g/mol. The van der Waals surface area contributed by atoms with E-state index in [1.165, 1.54) is 0 Å². The molecule has 0 fully saturated rings. The van der Waals surface area contributed by atoms with Crippen LogP contribution >= 0.6 is 0 Å². The number of aryl methyl sites for hydroxylation is 2. The Morgan fingerprint density at radius 3 is 2.57 bits per heavy atom. The zero-order valence-corrected chi connectivity index (χ0v) is 17.3. The summed E-state index contributed by atoms with van der Waals surface area (Å²) < 4.78 is 5.26. The zero-order valence-electron chi connectivity index (χ0n) is 17.3. The van der Waals surface area contributed by atoms with Crippen molar-refractivity contribution in [1.29, 1.82) is 0 Å². The lowest BCUT2D eigenvalue weighted by atomic mass is 10.0. The van der Waals surface area contributed by atoms with Crippen LogP contribution in [0.2, 0.25) is 0 Å². The highest BCUT2D eigenvalue weighted by atomic mass is 16.5. The number of benzene rings is 1. The second-order valence-electron chi connectivity index (χ2n) is 7.14. The predicted molar refractivity (Wildman–Crippen MR) is 118 cm³/mol. The average Bonchev–Trinajstić information content (AvgIpc) is 2.78. The van der Waals surface area contributed by atoms with Crippen LogP contribution in [0.3, 0.4) is 0 Å². The molecule has 4 rings (SSSR count). The normalized spacial score (nSPS) is 10.9.